The lowest BCUT2D eigenvalue weighted by molar-refractivity contribution is -0.115. The minimum Gasteiger partial charge on any atom is -0.356 e. The number of nitrogens with one attached hydrogen (secondary N) is 1. The molecule has 1 amide bonds. The van der Waals surface area contributed by atoms with Crippen molar-refractivity contribution >= 4 is 33.6 Å². The van der Waals surface area contributed by atoms with Crippen LogP contribution < -0.4 is 5.32 Å². The van der Waals surface area contributed by atoms with Crippen molar-refractivity contribution in [2.75, 3.05) is 5.32 Å². The van der Waals surface area contributed by atoms with Gasteiger partial charge in [0.2, 0.25) is 5.91 Å². The van der Waals surface area contributed by atoms with Crippen molar-refractivity contribution in [3.05, 3.63) is 76.1 Å². The fraction of sp³-hybridized carbons (Fsp3) is 0.192. The maximum atomic E-state index is 13.0. The summed E-state index contributed by atoms with van der Waals surface area (Å²) in [6, 6.07) is 13.9. The standard InChI is InChI=1S/C26H22N6O2/c1-14-8-17(4)24-20(31-34-21(24)9-14)11-23(33)30-26-18(12-27)13-28-32(26)22-10-16(3)19-7-5-6-15(2)25(19)29-22/h5-10,13H,11H2,1-4H3,(H,30,33). The van der Waals surface area contributed by atoms with E-state index in [9.17, 15) is 10.1 Å². The molecular weight excluding hydrogens is 428 g/mol. The zero-order valence-corrected chi connectivity index (χ0v) is 19.3. The minimum atomic E-state index is -0.331. The average Bonchev–Trinajstić information content (AvgIpc) is 3.38. The molecule has 3 heterocycles. The molecule has 2 aromatic carbocycles. The molecule has 0 aliphatic rings. The van der Waals surface area contributed by atoms with Gasteiger partial charge < -0.3 is 9.84 Å². The first-order valence-corrected chi connectivity index (χ1v) is 10.9. The van der Waals surface area contributed by atoms with E-state index in [0.29, 0.717) is 17.1 Å². The number of nitrogens with zero attached hydrogens (tertiary/aromatic N) is 5. The van der Waals surface area contributed by atoms with Crippen LogP contribution in [-0.4, -0.2) is 25.8 Å². The zero-order chi connectivity index (χ0) is 24.0. The van der Waals surface area contributed by atoms with Gasteiger partial charge in [-0.05, 0) is 62.1 Å². The summed E-state index contributed by atoms with van der Waals surface area (Å²) in [7, 11) is 0. The minimum absolute atomic E-state index is 0.00374. The molecular formula is C26H22N6O2. The van der Waals surface area contributed by atoms with E-state index in [1.807, 2.05) is 64.1 Å². The summed E-state index contributed by atoms with van der Waals surface area (Å²) in [6.07, 6.45) is 1.42. The fourth-order valence-corrected chi connectivity index (χ4v) is 4.35. The van der Waals surface area contributed by atoms with Crippen molar-refractivity contribution in [2.24, 2.45) is 0 Å². The predicted molar refractivity (Wildman–Crippen MR) is 129 cm³/mol. The number of carbonyl (C=O) groups is 1. The van der Waals surface area contributed by atoms with Crippen LogP contribution >= 0.6 is 0 Å². The summed E-state index contributed by atoms with van der Waals surface area (Å²) in [4.78, 5) is 17.8. The van der Waals surface area contributed by atoms with E-state index in [0.717, 1.165) is 38.5 Å². The topological polar surface area (TPSA) is 110 Å². The van der Waals surface area contributed by atoms with Crippen LogP contribution in [0.15, 0.2) is 47.1 Å². The van der Waals surface area contributed by atoms with Crippen molar-refractivity contribution < 1.29 is 9.32 Å². The maximum Gasteiger partial charge on any atom is 0.231 e. The highest BCUT2D eigenvalue weighted by Gasteiger charge is 2.20. The van der Waals surface area contributed by atoms with Crippen LogP contribution in [0.2, 0.25) is 0 Å². The number of nitriles is 1. The van der Waals surface area contributed by atoms with Gasteiger partial charge in [-0.1, -0.05) is 29.4 Å². The molecule has 8 nitrogen and oxygen atoms in total. The molecule has 0 fully saturated rings. The molecule has 0 unspecified atom stereocenters. The first-order chi connectivity index (χ1) is 16.4. The van der Waals surface area contributed by atoms with E-state index in [1.54, 1.807) is 0 Å². The molecule has 5 rings (SSSR count). The van der Waals surface area contributed by atoms with Gasteiger partial charge in [-0.15, -0.1) is 0 Å². The molecule has 0 radical (unpaired) electrons. The number of anilines is 1. The zero-order valence-electron chi connectivity index (χ0n) is 19.3. The largest absolute Gasteiger partial charge is 0.356 e. The van der Waals surface area contributed by atoms with Gasteiger partial charge in [0.1, 0.15) is 17.3 Å². The molecule has 5 aromatic rings. The number of hydrogen-bond acceptors (Lipinski definition) is 6. The molecule has 0 saturated heterocycles. The molecule has 0 spiro atoms. The molecule has 0 aliphatic carbocycles. The number of carbonyl (C=O) groups excluding carboxylic acids is 1. The second kappa shape index (κ2) is 8.12. The maximum absolute atomic E-state index is 13.0. The highest BCUT2D eigenvalue weighted by atomic mass is 16.5. The van der Waals surface area contributed by atoms with E-state index < -0.39 is 0 Å². The van der Waals surface area contributed by atoms with Gasteiger partial charge in [-0.25, -0.2) is 4.98 Å². The molecule has 168 valence electrons. The van der Waals surface area contributed by atoms with Gasteiger partial charge in [0, 0.05) is 10.8 Å². The van der Waals surface area contributed by atoms with Crippen molar-refractivity contribution in [3.8, 4) is 11.9 Å². The average molecular weight is 451 g/mol. The Morgan fingerprint density at radius 1 is 1.12 bits per heavy atom. The van der Waals surface area contributed by atoms with Gasteiger partial charge in [-0.2, -0.15) is 15.0 Å². The van der Waals surface area contributed by atoms with Crippen molar-refractivity contribution in [1.82, 2.24) is 19.9 Å². The normalized spacial score (nSPS) is 11.1. The van der Waals surface area contributed by atoms with Crippen LogP contribution in [0, 0.1) is 39.0 Å². The number of hydrogen-bond donors (Lipinski definition) is 1. The lowest BCUT2D eigenvalue weighted by Crippen LogP contribution is -2.18. The lowest BCUT2D eigenvalue weighted by Gasteiger charge is -2.12. The summed E-state index contributed by atoms with van der Waals surface area (Å²) in [5.41, 5.74) is 6.40. The first kappa shape index (κ1) is 21.3. The number of rotatable bonds is 4. The number of aromatic nitrogens is 4. The van der Waals surface area contributed by atoms with Gasteiger partial charge in [0.05, 0.1) is 18.1 Å². The summed E-state index contributed by atoms with van der Waals surface area (Å²) in [5.74, 6) is 0.462. The number of amides is 1. The molecule has 3 aromatic heterocycles. The third-order valence-electron chi connectivity index (χ3n) is 5.91. The number of pyridine rings is 1. The summed E-state index contributed by atoms with van der Waals surface area (Å²) < 4.78 is 6.93. The Balaban J connectivity index is 1.51. The molecule has 0 saturated carbocycles. The second-order valence-electron chi connectivity index (χ2n) is 8.51. The van der Waals surface area contributed by atoms with Crippen molar-refractivity contribution in [3.63, 3.8) is 0 Å². The first-order valence-electron chi connectivity index (χ1n) is 10.9. The van der Waals surface area contributed by atoms with E-state index in [-0.39, 0.29) is 23.7 Å². The Hall–Kier alpha value is -4.51. The Morgan fingerprint density at radius 2 is 1.94 bits per heavy atom. The number of para-hydroxylation sites is 1. The Kier molecular flexibility index (Phi) is 5.10. The highest BCUT2D eigenvalue weighted by molar-refractivity contribution is 5.96. The Morgan fingerprint density at radius 3 is 2.74 bits per heavy atom. The van der Waals surface area contributed by atoms with E-state index in [1.165, 1.54) is 10.9 Å². The van der Waals surface area contributed by atoms with Gasteiger partial charge in [0.15, 0.2) is 17.2 Å². The summed E-state index contributed by atoms with van der Waals surface area (Å²) >= 11 is 0. The van der Waals surface area contributed by atoms with Gasteiger partial charge >= 0.3 is 0 Å². The number of aryl methyl sites for hydroxylation is 4. The van der Waals surface area contributed by atoms with Gasteiger partial charge in [0.25, 0.3) is 0 Å². The van der Waals surface area contributed by atoms with Gasteiger partial charge in [-0.3, -0.25) is 4.79 Å². The Labute approximate surface area is 195 Å². The lowest BCUT2D eigenvalue weighted by atomic mass is 10.0. The molecule has 0 aliphatic heterocycles. The third kappa shape index (κ3) is 3.57. The molecule has 0 bridgehead atoms. The van der Waals surface area contributed by atoms with Crippen LogP contribution in [0.5, 0.6) is 0 Å². The monoisotopic (exact) mass is 450 g/mol. The third-order valence-corrected chi connectivity index (χ3v) is 5.91. The highest BCUT2D eigenvalue weighted by Crippen LogP contribution is 2.27. The second-order valence-corrected chi connectivity index (χ2v) is 8.51. The van der Waals surface area contributed by atoms with Crippen molar-refractivity contribution in [2.45, 2.75) is 34.1 Å². The van der Waals surface area contributed by atoms with Crippen LogP contribution in [0.1, 0.15) is 33.5 Å². The number of fused-ring (bicyclic) bond motifs is 2. The van der Waals surface area contributed by atoms with E-state index >= 15 is 0 Å². The van der Waals surface area contributed by atoms with Crippen LogP contribution in [0.3, 0.4) is 0 Å². The summed E-state index contributed by atoms with van der Waals surface area (Å²) in [5, 5.41) is 22.8. The predicted octanol–water partition coefficient (Wildman–Crippen LogP) is 4.85. The molecule has 34 heavy (non-hydrogen) atoms. The Bertz CT molecular complexity index is 1640. The fourth-order valence-electron chi connectivity index (χ4n) is 4.35. The van der Waals surface area contributed by atoms with Crippen LogP contribution in [-0.2, 0) is 11.2 Å². The molecule has 0 atom stereocenters. The SMILES string of the molecule is Cc1cc(C)c2c(CC(=O)Nc3c(C#N)cnn3-c3cc(C)c4cccc(C)c4n3)noc2c1. The van der Waals surface area contributed by atoms with E-state index in [2.05, 4.69) is 21.6 Å². The van der Waals surface area contributed by atoms with E-state index in [4.69, 9.17) is 9.51 Å². The molecule has 1 N–H and O–H groups in total. The van der Waals surface area contributed by atoms with Crippen LogP contribution in [0.25, 0.3) is 27.7 Å². The quantitative estimate of drug-likeness (QED) is 0.419. The molecule has 8 heteroatoms. The van der Waals surface area contributed by atoms with Crippen LogP contribution in [0.4, 0.5) is 5.82 Å². The van der Waals surface area contributed by atoms with Crippen molar-refractivity contribution in [1.29, 1.82) is 5.26 Å². The summed E-state index contributed by atoms with van der Waals surface area (Å²) in [6.45, 7) is 7.94. The smallest absolute Gasteiger partial charge is 0.231 e. The number of benzene rings is 2.